The third kappa shape index (κ3) is 3.82. The number of benzene rings is 7. The second-order valence-corrected chi connectivity index (χ2v) is 12.5. The largest absolute Gasteiger partial charge is 0.456 e. The molecule has 1 aliphatic heterocycles. The summed E-state index contributed by atoms with van der Waals surface area (Å²) in [5.41, 5.74) is 11.5. The van der Waals surface area contributed by atoms with Crippen LogP contribution in [0, 0.1) is 0 Å². The maximum absolute atomic E-state index is 6.94. The molecule has 10 rings (SSSR count). The van der Waals surface area contributed by atoms with Crippen LogP contribution in [0.5, 0.6) is 11.5 Å². The smallest absolute Gasteiger partial charge is 0.160 e. The lowest BCUT2D eigenvalue weighted by Gasteiger charge is -2.40. The molecule has 0 saturated carbocycles. The van der Waals surface area contributed by atoms with Crippen molar-refractivity contribution >= 4 is 10.8 Å². The molecule has 0 saturated heterocycles. The van der Waals surface area contributed by atoms with Gasteiger partial charge in [-0.2, -0.15) is 0 Å². The number of hydrogen-bond donors (Lipinski definition) is 0. The summed E-state index contributed by atoms with van der Waals surface area (Å²) in [7, 11) is 0. The molecule has 3 heteroatoms. The van der Waals surface area contributed by atoms with Crippen molar-refractivity contribution in [1.29, 1.82) is 0 Å². The van der Waals surface area contributed by atoms with E-state index < -0.39 is 5.41 Å². The van der Waals surface area contributed by atoms with Crippen molar-refractivity contribution in [2.24, 2.45) is 0 Å². The van der Waals surface area contributed by atoms with E-state index in [9.17, 15) is 0 Å². The lowest BCUT2D eigenvalue weighted by molar-refractivity contribution is 0.442. The summed E-state index contributed by atoms with van der Waals surface area (Å²) in [5, 5.41) is 2.27. The predicted molar refractivity (Wildman–Crippen MR) is 193 cm³/mol. The van der Waals surface area contributed by atoms with Crippen molar-refractivity contribution in [3.8, 4) is 56.5 Å². The average molecular weight is 613 g/mol. The minimum absolute atomic E-state index is 0.588. The molecule has 0 unspecified atom stereocenters. The Labute approximate surface area is 278 Å². The highest BCUT2D eigenvalue weighted by atomic mass is 16.5. The van der Waals surface area contributed by atoms with E-state index in [1.54, 1.807) is 0 Å². The van der Waals surface area contributed by atoms with Gasteiger partial charge in [0, 0.05) is 33.2 Å². The van der Waals surface area contributed by atoms with Gasteiger partial charge in [-0.05, 0) is 51.9 Å². The van der Waals surface area contributed by atoms with Crippen LogP contribution in [-0.4, -0.2) is 9.97 Å². The van der Waals surface area contributed by atoms with Crippen molar-refractivity contribution in [3.05, 3.63) is 192 Å². The van der Waals surface area contributed by atoms with Crippen molar-refractivity contribution in [2.75, 3.05) is 0 Å². The predicted octanol–water partition coefficient (Wildman–Crippen LogP) is 11.1. The van der Waals surface area contributed by atoms with Crippen LogP contribution in [0.2, 0.25) is 0 Å². The first-order valence-electron chi connectivity index (χ1n) is 16.3. The second kappa shape index (κ2) is 10.3. The summed E-state index contributed by atoms with van der Waals surface area (Å²) in [5.74, 6) is 2.43. The fraction of sp³-hybridized carbons (Fsp3) is 0.0222. The van der Waals surface area contributed by atoms with E-state index in [1.807, 2.05) is 12.1 Å². The topological polar surface area (TPSA) is 35.0 Å². The van der Waals surface area contributed by atoms with Gasteiger partial charge in [0.25, 0.3) is 0 Å². The number of fused-ring (bicyclic) bond motifs is 11. The van der Waals surface area contributed by atoms with Crippen molar-refractivity contribution < 1.29 is 4.74 Å². The number of hydrogen-bond acceptors (Lipinski definition) is 3. The second-order valence-electron chi connectivity index (χ2n) is 12.5. The molecule has 1 aromatic heterocycles. The molecule has 2 aliphatic rings. The summed E-state index contributed by atoms with van der Waals surface area (Å²) in [6.07, 6.45) is 0. The molecule has 1 aliphatic carbocycles. The molecule has 0 N–H and O–H groups in total. The monoisotopic (exact) mass is 612 g/mol. The van der Waals surface area contributed by atoms with Crippen LogP contribution in [-0.2, 0) is 5.41 Å². The van der Waals surface area contributed by atoms with E-state index in [2.05, 4.69) is 158 Å². The van der Waals surface area contributed by atoms with Gasteiger partial charge in [-0.1, -0.05) is 146 Å². The number of nitrogens with zero attached hydrogens (tertiary/aromatic N) is 2. The van der Waals surface area contributed by atoms with Gasteiger partial charge >= 0.3 is 0 Å². The Kier molecular flexibility index (Phi) is 5.79. The molecule has 7 aromatic carbocycles. The summed E-state index contributed by atoms with van der Waals surface area (Å²) >= 11 is 0. The standard InChI is InChI=1S/C45H28N2O/c1-3-14-30(15-4-1)40-28-41(31-16-5-2-6-17-31)47-44(46-40)32-24-26-42-39(27-32)45(38-25-23-29-13-7-8-18-33(29)43(38)48-42)36-21-11-9-19-34(36)35-20-10-12-22-37(35)45/h1-28H. The Hall–Kier alpha value is -6.32. The van der Waals surface area contributed by atoms with Gasteiger partial charge in [-0.15, -0.1) is 0 Å². The van der Waals surface area contributed by atoms with E-state index in [4.69, 9.17) is 14.7 Å². The highest BCUT2D eigenvalue weighted by Crippen LogP contribution is 2.63. The summed E-state index contributed by atoms with van der Waals surface area (Å²) in [6.45, 7) is 0. The molecule has 224 valence electrons. The van der Waals surface area contributed by atoms with Crippen molar-refractivity contribution in [1.82, 2.24) is 9.97 Å². The first kappa shape index (κ1) is 26.9. The summed E-state index contributed by atoms with van der Waals surface area (Å²) < 4.78 is 6.94. The van der Waals surface area contributed by atoms with E-state index in [0.29, 0.717) is 5.82 Å². The quantitative estimate of drug-likeness (QED) is 0.199. The first-order valence-corrected chi connectivity index (χ1v) is 16.3. The van der Waals surface area contributed by atoms with E-state index in [-0.39, 0.29) is 0 Å². The fourth-order valence-electron chi connectivity index (χ4n) is 7.86. The van der Waals surface area contributed by atoms with Gasteiger partial charge in [0.2, 0.25) is 0 Å². The summed E-state index contributed by atoms with van der Waals surface area (Å²) in [6, 6.07) is 59.9. The lowest BCUT2D eigenvalue weighted by Crippen LogP contribution is -2.32. The number of ether oxygens (including phenoxy) is 1. The van der Waals surface area contributed by atoms with Gasteiger partial charge in [-0.25, -0.2) is 9.97 Å². The molecule has 48 heavy (non-hydrogen) atoms. The Morgan fingerprint density at radius 2 is 1.00 bits per heavy atom. The molecular formula is C45H28N2O. The Balaban J connectivity index is 1.27. The van der Waals surface area contributed by atoms with Crippen molar-refractivity contribution in [2.45, 2.75) is 5.41 Å². The van der Waals surface area contributed by atoms with Gasteiger partial charge < -0.3 is 4.74 Å². The van der Waals surface area contributed by atoms with Crippen LogP contribution >= 0.6 is 0 Å². The number of rotatable bonds is 3. The third-order valence-corrected chi connectivity index (χ3v) is 9.95. The minimum atomic E-state index is -0.588. The molecule has 0 amide bonds. The first-order chi connectivity index (χ1) is 23.8. The van der Waals surface area contributed by atoms with Crippen LogP contribution in [0.1, 0.15) is 22.3 Å². The maximum Gasteiger partial charge on any atom is 0.160 e. The Morgan fingerprint density at radius 3 is 1.67 bits per heavy atom. The molecule has 0 bridgehead atoms. The molecular weight excluding hydrogens is 585 g/mol. The Morgan fingerprint density at radius 1 is 0.417 bits per heavy atom. The highest BCUT2D eigenvalue weighted by Gasteiger charge is 2.51. The number of aromatic nitrogens is 2. The minimum Gasteiger partial charge on any atom is -0.456 e. The van der Waals surface area contributed by atoms with Crippen LogP contribution < -0.4 is 4.74 Å². The SMILES string of the molecule is c1ccc(-c2cc(-c3ccccc3)nc(-c3ccc4c(c3)C3(c5ccccc5-c5ccccc53)c3ccc5ccccc5c3O4)n2)cc1. The molecule has 0 atom stereocenters. The average Bonchev–Trinajstić information content (AvgIpc) is 3.46. The third-order valence-electron chi connectivity index (χ3n) is 9.95. The molecule has 8 aromatic rings. The molecule has 0 fully saturated rings. The maximum atomic E-state index is 6.94. The zero-order chi connectivity index (χ0) is 31.7. The van der Waals surface area contributed by atoms with Crippen LogP contribution in [0.15, 0.2) is 170 Å². The Bertz CT molecular complexity index is 2440. The van der Waals surface area contributed by atoms with E-state index in [0.717, 1.165) is 61.5 Å². The van der Waals surface area contributed by atoms with Crippen molar-refractivity contribution in [3.63, 3.8) is 0 Å². The van der Waals surface area contributed by atoms with Gasteiger partial charge in [0.1, 0.15) is 11.5 Å². The van der Waals surface area contributed by atoms with E-state index >= 15 is 0 Å². The molecule has 2 heterocycles. The van der Waals surface area contributed by atoms with Crippen LogP contribution in [0.25, 0.3) is 55.8 Å². The fourth-order valence-corrected chi connectivity index (χ4v) is 7.86. The van der Waals surface area contributed by atoms with Gasteiger partial charge in [-0.3, -0.25) is 0 Å². The zero-order valence-electron chi connectivity index (χ0n) is 26.0. The van der Waals surface area contributed by atoms with Gasteiger partial charge in [0.05, 0.1) is 16.8 Å². The normalized spacial score (nSPS) is 13.3. The van der Waals surface area contributed by atoms with Gasteiger partial charge in [0.15, 0.2) is 5.82 Å². The summed E-state index contributed by atoms with van der Waals surface area (Å²) in [4.78, 5) is 10.4. The lowest BCUT2D eigenvalue weighted by atomic mass is 9.65. The highest BCUT2D eigenvalue weighted by molar-refractivity contribution is 5.96. The molecule has 0 radical (unpaired) electrons. The van der Waals surface area contributed by atoms with E-state index in [1.165, 1.54) is 22.3 Å². The zero-order valence-corrected chi connectivity index (χ0v) is 26.0. The van der Waals surface area contributed by atoms with Crippen LogP contribution in [0.4, 0.5) is 0 Å². The molecule has 1 spiro atoms. The van der Waals surface area contributed by atoms with Crippen LogP contribution in [0.3, 0.4) is 0 Å². The molecule has 3 nitrogen and oxygen atoms in total.